The first kappa shape index (κ1) is 26.0. The zero-order valence-corrected chi connectivity index (χ0v) is 20.7. The zero-order valence-electron chi connectivity index (χ0n) is 20.7. The summed E-state index contributed by atoms with van der Waals surface area (Å²) >= 11 is 0. The highest BCUT2D eigenvalue weighted by molar-refractivity contribution is 6.04. The number of carbonyl (C=O) groups excluding carboxylic acids is 2. The number of aromatic nitrogens is 2. The molecule has 2 aromatic carbocycles. The minimum Gasteiger partial charge on any atom is -0.492 e. The maximum absolute atomic E-state index is 13.2. The largest absolute Gasteiger partial charge is 0.492 e. The Hall–Kier alpha value is -3.60. The maximum Gasteiger partial charge on any atom is 0.416 e. The number of anilines is 1. The molecule has 5 rings (SSSR count). The van der Waals surface area contributed by atoms with E-state index in [4.69, 9.17) is 4.74 Å². The first-order valence-electron chi connectivity index (χ1n) is 12.8. The van der Waals surface area contributed by atoms with E-state index in [2.05, 4.69) is 10.3 Å². The average molecular weight is 531 g/mol. The molecule has 1 saturated carbocycles. The van der Waals surface area contributed by atoms with Gasteiger partial charge in [0.25, 0.3) is 5.91 Å². The van der Waals surface area contributed by atoms with Gasteiger partial charge in [0.15, 0.2) is 0 Å². The molecule has 0 atom stereocenters. The number of hydrogen-bond acceptors (Lipinski definition) is 5. The first-order chi connectivity index (χ1) is 18.2. The number of fused-ring (bicyclic) bond motifs is 1. The van der Waals surface area contributed by atoms with E-state index in [1.54, 1.807) is 17.0 Å². The van der Waals surface area contributed by atoms with E-state index in [0.29, 0.717) is 56.5 Å². The number of imidazole rings is 1. The van der Waals surface area contributed by atoms with Gasteiger partial charge in [-0.2, -0.15) is 13.2 Å². The normalized spacial score (nSPS) is 20.2. The molecule has 3 aromatic rings. The molecule has 1 aliphatic carbocycles. The molecule has 2 heterocycles. The molecule has 2 fully saturated rings. The van der Waals surface area contributed by atoms with Crippen LogP contribution in [0, 0.1) is 0 Å². The molecule has 2 N–H and O–H groups in total. The summed E-state index contributed by atoms with van der Waals surface area (Å²) in [5.74, 6) is 0.212. The summed E-state index contributed by atoms with van der Waals surface area (Å²) in [5.41, 5.74) is 0.272. The van der Waals surface area contributed by atoms with Gasteiger partial charge >= 0.3 is 6.18 Å². The molecule has 8 nitrogen and oxygen atoms in total. The van der Waals surface area contributed by atoms with Crippen molar-refractivity contribution in [3.63, 3.8) is 0 Å². The van der Waals surface area contributed by atoms with Crippen molar-refractivity contribution in [3.8, 4) is 5.75 Å². The van der Waals surface area contributed by atoms with E-state index in [1.165, 1.54) is 12.1 Å². The smallest absolute Gasteiger partial charge is 0.416 e. The highest BCUT2D eigenvalue weighted by Crippen LogP contribution is 2.36. The Labute approximate surface area is 217 Å². The van der Waals surface area contributed by atoms with E-state index in [9.17, 15) is 27.9 Å². The molecular formula is C27H29F3N4O4. The van der Waals surface area contributed by atoms with Gasteiger partial charge in [-0.25, -0.2) is 4.98 Å². The number of ether oxygens (including phenoxy) is 1. The summed E-state index contributed by atoms with van der Waals surface area (Å²) in [7, 11) is 0. The van der Waals surface area contributed by atoms with Crippen molar-refractivity contribution in [3.05, 3.63) is 53.6 Å². The molecule has 202 valence electrons. The van der Waals surface area contributed by atoms with Crippen molar-refractivity contribution in [2.45, 2.75) is 56.8 Å². The second-order valence-corrected chi connectivity index (χ2v) is 9.78. The lowest BCUT2D eigenvalue weighted by Gasteiger charge is -2.28. The molecule has 11 heteroatoms. The number of aliphatic hydroxyl groups excluding tert-OH is 1. The van der Waals surface area contributed by atoms with Crippen LogP contribution in [0.15, 0.2) is 42.5 Å². The standard InChI is InChI=1S/C27H29F3N4O4/c28-27(29,30)18-4-1-3-17(15-18)25(37)32-26-31-22-16-21(38-14-13-33-12-2-5-24(33)36)10-11-23(22)34(26)19-6-8-20(35)9-7-19/h1,3-4,10-11,15-16,19-20,35H,2,5-9,12-14H2,(H,31,32,37)/t19-,20-. The van der Waals surface area contributed by atoms with E-state index in [-0.39, 0.29) is 29.6 Å². The monoisotopic (exact) mass is 530 g/mol. The van der Waals surface area contributed by atoms with Gasteiger partial charge < -0.3 is 19.3 Å². The van der Waals surface area contributed by atoms with E-state index >= 15 is 0 Å². The third kappa shape index (κ3) is 5.62. The van der Waals surface area contributed by atoms with E-state index in [1.807, 2.05) is 10.6 Å². The van der Waals surface area contributed by atoms with Gasteiger partial charge in [0.2, 0.25) is 11.9 Å². The lowest BCUT2D eigenvalue weighted by molar-refractivity contribution is -0.137. The number of rotatable bonds is 7. The fraction of sp³-hybridized carbons (Fsp3) is 0.444. The van der Waals surface area contributed by atoms with Crippen molar-refractivity contribution in [1.29, 1.82) is 0 Å². The Morgan fingerprint density at radius 2 is 1.92 bits per heavy atom. The molecule has 0 unspecified atom stereocenters. The SMILES string of the molecule is O=C(Nc1nc2cc(OCCN3CCCC3=O)ccc2n1[C@H]1CC[C@H](O)CC1)c1cccc(C(F)(F)F)c1. The van der Waals surface area contributed by atoms with Gasteiger partial charge in [-0.3, -0.25) is 14.9 Å². The van der Waals surface area contributed by atoms with Crippen LogP contribution in [0.3, 0.4) is 0 Å². The van der Waals surface area contributed by atoms with Gasteiger partial charge in [0, 0.05) is 30.6 Å². The predicted molar refractivity (Wildman–Crippen MR) is 134 cm³/mol. The Bertz CT molecular complexity index is 1330. The van der Waals surface area contributed by atoms with Crippen molar-refractivity contribution in [2.75, 3.05) is 25.0 Å². The zero-order chi connectivity index (χ0) is 26.9. The van der Waals surface area contributed by atoms with Gasteiger partial charge in [0.1, 0.15) is 12.4 Å². The summed E-state index contributed by atoms with van der Waals surface area (Å²) in [6, 6.07) is 9.58. The van der Waals surface area contributed by atoms with Crippen LogP contribution in [0.2, 0.25) is 0 Å². The molecule has 0 radical (unpaired) electrons. The summed E-state index contributed by atoms with van der Waals surface area (Å²) in [6.07, 6.45) is -0.991. The number of aliphatic hydroxyl groups is 1. The third-order valence-corrected chi connectivity index (χ3v) is 7.17. The quantitative estimate of drug-likeness (QED) is 0.458. The lowest BCUT2D eigenvalue weighted by Crippen LogP contribution is -2.29. The third-order valence-electron chi connectivity index (χ3n) is 7.17. The number of halogens is 3. The molecular weight excluding hydrogens is 501 g/mol. The number of nitrogens with zero attached hydrogens (tertiary/aromatic N) is 3. The van der Waals surface area contributed by atoms with Crippen LogP contribution in [-0.2, 0) is 11.0 Å². The van der Waals surface area contributed by atoms with Crippen molar-refractivity contribution in [1.82, 2.24) is 14.5 Å². The Balaban J connectivity index is 1.40. The summed E-state index contributed by atoms with van der Waals surface area (Å²) < 4.78 is 47.3. The van der Waals surface area contributed by atoms with Crippen LogP contribution in [0.25, 0.3) is 11.0 Å². The van der Waals surface area contributed by atoms with Crippen LogP contribution in [0.5, 0.6) is 5.75 Å². The average Bonchev–Trinajstić information content (AvgIpc) is 3.46. The van der Waals surface area contributed by atoms with Crippen molar-refractivity contribution < 1.29 is 32.6 Å². The second-order valence-electron chi connectivity index (χ2n) is 9.78. The molecule has 1 aliphatic heterocycles. The van der Waals surface area contributed by atoms with E-state index in [0.717, 1.165) is 30.6 Å². The lowest BCUT2D eigenvalue weighted by atomic mass is 9.93. The Kier molecular flexibility index (Phi) is 7.29. The Morgan fingerprint density at radius 3 is 2.63 bits per heavy atom. The van der Waals surface area contributed by atoms with Gasteiger partial charge in [0.05, 0.1) is 29.2 Å². The van der Waals surface area contributed by atoms with Crippen LogP contribution in [0.1, 0.15) is 60.5 Å². The number of benzene rings is 2. The van der Waals surface area contributed by atoms with Crippen LogP contribution in [0.4, 0.5) is 19.1 Å². The summed E-state index contributed by atoms with van der Waals surface area (Å²) in [5, 5.41) is 12.7. The minimum atomic E-state index is -4.56. The first-order valence-corrected chi connectivity index (χ1v) is 12.8. The summed E-state index contributed by atoms with van der Waals surface area (Å²) in [4.78, 5) is 31.2. The summed E-state index contributed by atoms with van der Waals surface area (Å²) in [6.45, 7) is 1.56. The fourth-order valence-corrected chi connectivity index (χ4v) is 5.17. The van der Waals surface area contributed by atoms with Gasteiger partial charge in [-0.1, -0.05) is 6.07 Å². The topological polar surface area (TPSA) is 96.7 Å². The number of nitrogens with one attached hydrogen (secondary N) is 1. The molecule has 38 heavy (non-hydrogen) atoms. The highest BCUT2D eigenvalue weighted by Gasteiger charge is 2.31. The molecule has 1 aromatic heterocycles. The molecule has 1 saturated heterocycles. The maximum atomic E-state index is 13.2. The van der Waals surface area contributed by atoms with E-state index < -0.39 is 17.6 Å². The second kappa shape index (κ2) is 10.6. The molecule has 2 amide bonds. The van der Waals surface area contributed by atoms with Gasteiger partial charge in [-0.05, 0) is 62.4 Å². The number of alkyl halides is 3. The minimum absolute atomic E-state index is 0.0480. The number of carbonyl (C=O) groups is 2. The van der Waals surface area contributed by atoms with Crippen LogP contribution >= 0.6 is 0 Å². The number of hydrogen-bond donors (Lipinski definition) is 2. The van der Waals surface area contributed by atoms with Crippen LogP contribution < -0.4 is 10.1 Å². The van der Waals surface area contributed by atoms with Crippen molar-refractivity contribution >= 4 is 28.8 Å². The fourth-order valence-electron chi connectivity index (χ4n) is 5.17. The van der Waals surface area contributed by atoms with Crippen LogP contribution in [-0.4, -0.2) is 57.2 Å². The molecule has 0 bridgehead atoms. The predicted octanol–water partition coefficient (Wildman–Crippen LogP) is 4.78. The van der Waals surface area contributed by atoms with Crippen molar-refractivity contribution in [2.24, 2.45) is 0 Å². The Morgan fingerprint density at radius 1 is 1.13 bits per heavy atom. The molecule has 0 spiro atoms. The number of amides is 2. The van der Waals surface area contributed by atoms with Gasteiger partial charge in [-0.15, -0.1) is 0 Å². The highest BCUT2D eigenvalue weighted by atomic mass is 19.4. The molecule has 2 aliphatic rings. The number of likely N-dealkylation sites (tertiary alicyclic amines) is 1.